The highest BCUT2D eigenvalue weighted by Gasteiger charge is 2.17. The fraction of sp³-hybridized carbons (Fsp3) is 0.0741. The first-order chi connectivity index (χ1) is 18.5. The lowest BCUT2D eigenvalue weighted by molar-refractivity contribution is -0.121. The third-order valence-electron chi connectivity index (χ3n) is 5.61. The molecule has 4 N–H and O–H groups in total. The lowest BCUT2D eigenvalue weighted by Crippen LogP contribution is -2.18. The van der Waals surface area contributed by atoms with Crippen molar-refractivity contribution >= 4 is 34.1 Å². The number of aromatic nitrogens is 3. The molecule has 2 amide bonds. The number of nitrogens with zero attached hydrogens (tertiary/aromatic N) is 2. The molecule has 5 rings (SSSR count). The van der Waals surface area contributed by atoms with E-state index in [0.717, 1.165) is 5.56 Å². The van der Waals surface area contributed by atoms with Crippen molar-refractivity contribution in [1.82, 2.24) is 15.1 Å². The molecule has 0 spiro atoms. The van der Waals surface area contributed by atoms with E-state index in [1.165, 1.54) is 18.2 Å². The van der Waals surface area contributed by atoms with Crippen LogP contribution in [0.1, 0.15) is 21.6 Å². The summed E-state index contributed by atoms with van der Waals surface area (Å²) in [4.78, 5) is 42.5. The normalized spacial score (nSPS) is 10.7. The molecule has 38 heavy (non-hydrogen) atoms. The van der Waals surface area contributed by atoms with Crippen LogP contribution in [0.3, 0.4) is 0 Å². The summed E-state index contributed by atoms with van der Waals surface area (Å²) in [6.45, 7) is 0.176. The number of carbonyl (C=O) groups is 2. The number of hydrogen-bond donors (Lipinski definition) is 4. The summed E-state index contributed by atoms with van der Waals surface area (Å²) in [6, 6.07) is 23.0. The lowest BCUT2D eigenvalue weighted by Gasteiger charge is -2.09. The largest absolute Gasteiger partial charge is 0.439 e. The van der Waals surface area contributed by atoms with Crippen LogP contribution in [-0.2, 0) is 16.1 Å². The first-order valence-electron chi connectivity index (χ1n) is 11.5. The predicted molar refractivity (Wildman–Crippen MR) is 138 cm³/mol. The van der Waals surface area contributed by atoms with Gasteiger partial charge >= 0.3 is 5.76 Å². The van der Waals surface area contributed by atoms with Crippen LogP contribution in [0.25, 0.3) is 22.3 Å². The van der Waals surface area contributed by atoms with E-state index >= 15 is 0 Å². The maximum Gasteiger partial charge on any atom is 0.439 e. The van der Waals surface area contributed by atoms with Gasteiger partial charge in [-0.25, -0.2) is 4.79 Å². The number of hydrogen-bond acceptors (Lipinski definition) is 7. The fourth-order valence-electron chi connectivity index (χ4n) is 3.86. The Labute approximate surface area is 215 Å². The highest BCUT2D eigenvalue weighted by Crippen LogP contribution is 2.28. The molecule has 11 heteroatoms. The SMILES string of the molecule is N#Cc1ccc(NC(=O)c2cc3cccc(NC(=O)COCc4ccccc4)c3[nH]2)c(-c2noc(=O)[nH]2)c1. The molecule has 0 unspecified atom stereocenters. The number of carbonyl (C=O) groups excluding carboxylic acids is 2. The van der Waals surface area contributed by atoms with Crippen molar-refractivity contribution in [1.29, 1.82) is 5.26 Å². The van der Waals surface area contributed by atoms with E-state index in [1.54, 1.807) is 24.3 Å². The van der Waals surface area contributed by atoms with Gasteiger partial charge in [0.05, 0.1) is 35.1 Å². The molecule has 0 saturated heterocycles. The summed E-state index contributed by atoms with van der Waals surface area (Å²) >= 11 is 0. The van der Waals surface area contributed by atoms with Crippen LogP contribution in [-0.4, -0.2) is 33.5 Å². The number of anilines is 2. The third-order valence-corrected chi connectivity index (χ3v) is 5.61. The first kappa shape index (κ1) is 24.2. The molecule has 0 fully saturated rings. The van der Waals surface area contributed by atoms with Crippen molar-refractivity contribution in [3.8, 4) is 17.5 Å². The summed E-state index contributed by atoms with van der Waals surface area (Å²) in [7, 11) is 0. The number of nitriles is 1. The molecule has 0 bridgehead atoms. The zero-order valence-electron chi connectivity index (χ0n) is 19.8. The first-order valence-corrected chi connectivity index (χ1v) is 11.5. The minimum atomic E-state index is -0.768. The van der Waals surface area contributed by atoms with Gasteiger partial charge in [0.1, 0.15) is 12.3 Å². The van der Waals surface area contributed by atoms with Crippen molar-refractivity contribution in [2.24, 2.45) is 0 Å². The Morgan fingerprint density at radius 2 is 1.82 bits per heavy atom. The Balaban J connectivity index is 1.32. The number of H-pyrrole nitrogens is 2. The minimum Gasteiger partial charge on any atom is -0.367 e. The van der Waals surface area contributed by atoms with Crippen LogP contribution >= 0.6 is 0 Å². The van der Waals surface area contributed by atoms with E-state index in [4.69, 9.17) is 4.74 Å². The lowest BCUT2D eigenvalue weighted by atomic mass is 10.1. The molecule has 0 aliphatic heterocycles. The van der Waals surface area contributed by atoms with Crippen LogP contribution in [0.15, 0.2) is 82.1 Å². The van der Waals surface area contributed by atoms with Gasteiger partial charge in [0, 0.05) is 10.9 Å². The van der Waals surface area contributed by atoms with Gasteiger partial charge in [0.2, 0.25) is 5.91 Å². The Bertz CT molecular complexity index is 1730. The molecule has 5 aromatic rings. The Hall–Kier alpha value is -5.47. The van der Waals surface area contributed by atoms with Crippen LogP contribution in [0.4, 0.5) is 11.4 Å². The standard InChI is InChI=1S/C27H20N6O5/c28-13-17-9-10-20(19(11-17)25-32-27(36)38-33-25)31-26(35)22-12-18-7-4-8-21(24(18)30-22)29-23(34)15-37-14-16-5-2-1-3-6-16/h1-12,30H,14-15H2,(H,29,34)(H,31,35)(H,32,33,36). The number of nitrogens with one attached hydrogen (secondary N) is 4. The summed E-state index contributed by atoms with van der Waals surface area (Å²) in [5.41, 5.74) is 3.17. The van der Waals surface area contributed by atoms with Gasteiger partial charge in [-0.3, -0.25) is 19.1 Å². The van der Waals surface area contributed by atoms with Crippen molar-refractivity contribution in [3.05, 3.63) is 100 Å². The van der Waals surface area contributed by atoms with Gasteiger partial charge in [-0.1, -0.05) is 47.6 Å². The van der Waals surface area contributed by atoms with Crippen LogP contribution < -0.4 is 16.4 Å². The van der Waals surface area contributed by atoms with Crippen LogP contribution in [0.2, 0.25) is 0 Å². The van der Waals surface area contributed by atoms with Gasteiger partial charge in [-0.15, -0.1) is 0 Å². The number of fused-ring (bicyclic) bond motifs is 1. The number of ether oxygens (including phenoxy) is 1. The molecule has 188 valence electrons. The maximum absolute atomic E-state index is 13.1. The van der Waals surface area contributed by atoms with Crippen molar-refractivity contribution in [2.75, 3.05) is 17.2 Å². The van der Waals surface area contributed by atoms with Gasteiger partial charge in [0.25, 0.3) is 5.91 Å². The molecule has 2 aromatic heterocycles. The predicted octanol–water partition coefficient (Wildman–Crippen LogP) is 3.79. The fourth-order valence-corrected chi connectivity index (χ4v) is 3.86. The molecule has 0 radical (unpaired) electrons. The zero-order chi connectivity index (χ0) is 26.5. The Morgan fingerprint density at radius 1 is 0.974 bits per heavy atom. The zero-order valence-corrected chi connectivity index (χ0v) is 19.8. The van der Waals surface area contributed by atoms with E-state index in [0.29, 0.717) is 40.0 Å². The molecule has 0 aliphatic rings. The summed E-state index contributed by atoms with van der Waals surface area (Å²) in [5, 5.41) is 19.2. The van der Waals surface area contributed by atoms with E-state index in [9.17, 15) is 19.6 Å². The van der Waals surface area contributed by atoms with Crippen LogP contribution in [0, 0.1) is 11.3 Å². The topological polar surface area (TPSA) is 166 Å². The van der Waals surface area contributed by atoms with Gasteiger partial charge in [-0.2, -0.15) is 5.26 Å². The maximum atomic E-state index is 13.1. The Kier molecular flexibility index (Phi) is 6.79. The molecular formula is C27H20N6O5. The average molecular weight is 508 g/mol. The number of aromatic amines is 2. The summed E-state index contributed by atoms with van der Waals surface area (Å²) in [6.07, 6.45) is 0. The Morgan fingerprint density at radius 3 is 2.58 bits per heavy atom. The van der Waals surface area contributed by atoms with Gasteiger partial charge in [-0.05, 0) is 35.9 Å². The van der Waals surface area contributed by atoms with Crippen molar-refractivity contribution < 1.29 is 18.8 Å². The number of para-hydroxylation sites is 1. The highest BCUT2D eigenvalue weighted by atomic mass is 16.5. The highest BCUT2D eigenvalue weighted by molar-refractivity contribution is 6.09. The number of rotatable bonds is 8. The van der Waals surface area contributed by atoms with Crippen molar-refractivity contribution in [2.45, 2.75) is 6.61 Å². The molecule has 2 heterocycles. The van der Waals surface area contributed by atoms with Gasteiger partial charge < -0.3 is 20.4 Å². The van der Waals surface area contributed by atoms with Crippen molar-refractivity contribution in [3.63, 3.8) is 0 Å². The van der Waals surface area contributed by atoms with E-state index in [2.05, 4.69) is 30.3 Å². The number of amides is 2. The second-order valence-corrected chi connectivity index (χ2v) is 8.25. The summed E-state index contributed by atoms with van der Waals surface area (Å²) in [5.74, 6) is -1.52. The molecule has 0 atom stereocenters. The third kappa shape index (κ3) is 5.35. The monoisotopic (exact) mass is 508 g/mol. The van der Waals surface area contributed by atoms with E-state index < -0.39 is 11.7 Å². The quantitative estimate of drug-likeness (QED) is 0.247. The average Bonchev–Trinajstić information content (AvgIpc) is 3.57. The van der Waals surface area contributed by atoms with Crippen LogP contribution in [0.5, 0.6) is 0 Å². The second-order valence-electron chi connectivity index (χ2n) is 8.25. The number of benzene rings is 3. The molecule has 11 nitrogen and oxygen atoms in total. The molecule has 0 saturated carbocycles. The second kappa shape index (κ2) is 10.7. The molecular weight excluding hydrogens is 488 g/mol. The molecule has 0 aliphatic carbocycles. The summed E-state index contributed by atoms with van der Waals surface area (Å²) < 4.78 is 10.1. The van der Waals surface area contributed by atoms with E-state index in [1.807, 2.05) is 36.4 Å². The van der Waals surface area contributed by atoms with Gasteiger partial charge in [0.15, 0.2) is 5.82 Å². The smallest absolute Gasteiger partial charge is 0.367 e. The molecule has 3 aromatic carbocycles. The van der Waals surface area contributed by atoms with E-state index in [-0.39, 0.29) is 24.0 Å². The minimum absolute atomic E-state index is 0.0681.